The number of aromatic nitrogens is 1. The predicted octanol–water partition coefficient (Wildman–Crippen LogP) is 6.01. The van der Waals surface area contributed by atoms with Gasteiger partial charge < -0.3 is 4.74 Å². The topological polar surface area (TPSA) is 22.1 Å². The van der Waals surface area contributed by atoms with Crippen LogP contribution in [-0.4, -0.2) is 4.98 Å². The molecular formula is C17H19Cl2NO. The van der Waals surface area contributed by atoms with Crippen LogP contribution in [0, 0.1) is 13.8 Å². The van der Waals surface area contributed by atoms with E-state index in [4.69, 9.17) is 27.9 Å². The molecule has 4 heteroatoms. The molecule has 2 nitrogen and oxygen atoms in total. The smallest absolute Gasteiger partial charge is 0.219 e. The number of benzene rings is 1. The molecule has 0 amide bonds. The summed E-state index contributed by atoms with van der Waals surface area (Å²) in [6, 6.07) is 7.74. The maximum absolute atomic E-state index is 6.28. The minimum Gasteiger partial charge on any atom is -0.439 e. The molecule has 0 radical (unpaired) electrons. The fourth-order valence-electron chi connectivity index (χ4n) is 2.17. The zero-order valence-electron chi connectivity index (χ0n) is 12.7. The van der Waals surface area contributed by atoms with Crippen molar-refractivity contribution in [2.24, 2.45) is 0 Å². The molecule has 1 heterocycles. The van der Waals surface area contributed by atoms with Gasteiger partial charge >= 0.3 is 0 Å². The molecular weight excluding hydrogens is 305 g/mol. The Morgan fingerprint density at radius 3 is 2.48 bits per heavy atom. The van der Waals surface area contributed by atoms with E-state index in [1.807, 2.05) is 38.1 Å². The standard InChI is InChI=1S/C17H19Cl2NO/c1-10(2)14-8-16(11(3)5-15(14)19)21-17-7-13(9-18)6-12(4)20-17/h5-8,10H,9H2,1-4H3. The lowest BCUT2D eigenvalue weighted by Crippen LogP contribution is -1.97. The molecule has 0 aliphatic carbocycles. The van der Waals surface area contributed by atoms with E-state index in [2.05, 4.69) is 18.8 Å². The average Bonchev–Trinajstić information content (AvgIpc) is 2.40. The fraction of sp³-hybridized carbons (Fsp3) is 0.353. The molecule has 2 rings (SSSR count). The second-order valence-electron chi connectivity index (χ2n) is 5.48. The van der Waals surface area contributed by atoms with Crippen LogP contribution < -0.4 is 4.74 Å². The van der Waals surface area contributed by atoms with Crippen LogP contribution in [0.2, 0.25) is 5.02 Å². The number of hydrogen-bond acceptors (Lipinski definition) is 2. The lowest BCUT2D eigenvalue weighted by molar-refractivity contribution is 0.456. The van der Waals surface area contributed by atoms with Gasteiger partial charge in [0.15, 0.2) is 0 Å². The van der Waals surface area contributed by atoms with Crippen LogP contribution in [0.4, 0.5) is 0 Å². The SMILES string of the molecule is Cc1cc(CCl)cc(Oc2cc(C(C)C)c(Cl)cc2C)n1. The van der Waals surface area contributed by atoms with Crippen LogP contribution in [0.15, 0.2) is 24.3 Å². The van der Waals surface area contributed by atoms with E-state index in [0.29, 0.717) is 17.7 Å². The van der Waals surface area contributed by atoms with Crippen molar-refractivity contribution in [2.75, 3.05) is 0 Å². The summed E-state index contributed by atoms with van der Waals surface area (Å²) in [5.74, 6) is 2.12. The Balaban J connectivity index is 2.39. The third kappa shape index (κ3) is 3.90. The van der Waals surface area contributed by atoms with Crippen LogP contribution in [0.5, 0.6) is 11.6 Å². The number of aryl methyl sites for hydroxylation is 2. The van der Waals surface area contributed by atoms with Crippen molar-refractivity contribution in [3.05, 3.63) is 51.7 Å². The van der Waals surface area contributed by atoms with Crippen molar-refractivity contribution in [2.45, 2.75) is 39.5 Å². The summed E-state index contributed by atoms with van der Waals surface area (Å²) in [6.07, 6.45) is 0. The molecule has 1 aromatic carbocycles. The molecule has 0 aliphatic rings. The molecule has 21 heavy (non-hydrogen) atoms. The van der Waals surface area contributed by atoms with E-state index in [1.165, 1.54) is 0 Å². The highest BCUT2D eigenvalue weighted by atomic mass is 35.5. The summed E-state index contributed by atoms with van der Waals surface area (Å²) >= 11 is 12.2. The van der Waals surface area contributed by atoms with Gasteiger partial charge in [0.25, 0.3) is 0 Å². The van der Waals surface area contributed by atoms with E-state index < -0.39 is 0 Å². The van der Waals surface area contributed by atoms with Gasteiger partial charge in [-0.25, -0.2) is 4.98 Å². The minimum absolute atomic E-state index is 0.337. The van der Waals surface area contributed by atoms with E-state index in [9.17, 15) is 0 Å². The Labute approximate surface area is 136 Å². The monoisotopic (exact) mass is 323 g/mol. The molecule has 0 saturated heterocycles. The van der Waals surface area contributed by atoms with E-state index in [0.717, 1.165) is 33.2 Å². The minimum atomic E-state index is 0.337. The molecule has 2 aromatic rings. The first-order valence-electron chi connectivity index (χ1n) is 6.92. The Morgan fingerprint density at radius 2 is 1.86 bits per heavy atom. The lowest BCUT2D eigenvalue weighted by atomic mass is 10.0. The van der Waals surface area contributed by atoms with E-state index >= 15 is 0 Å². The molecule has 0 aliphatic heterocycles. The van der Waals surface area contributed by atoms with Crippen LogP contribution in [0.3, 0.4) is 0 Å². The van der Waals surface area contributed by atoms with Gasteiger partial charge in [0.05, 0.1) is 0 Å². The Hall–Kier alpha value is -1.25. The summed E-state index contributed by atoms with van der Waals surface area (Å²) in [6.45, 7) is 8.12. The van der Waals surface area contributed by atoms with Crippen LogP contribution in [-0.2, 0) is 5.88 Å². The molecule has 1 aromatic heterocycles. The number of alkyl halides is 1. The first-order chi connectivity index (χ1) is 9.90. The molecule has 0 saturated carbocycles. The zero-order valence-corrected chi connectivity index (χ0v) is 14.2. The van der Waals surface area contributed by atoms with Crippen molar-refractivity contribution >= 4 is 23.2 Å². The van der Waals surface area contributed by atoms with Crippen molar-refractivity contribution in [3.8, 4) is 11.6 Å². The van der Waals surface area contributed by atoms with Gasteiger partial charge in [-0.05, 0) is 54.7 Å². The van der Waals surface area contributed by atoms with Crippen LogP contribution in [0.1, 0.15) is 42.1 Å². The van der Waals surface area contributed by atoms with E-state index in [-0.39, 0.29) is 0 Å². The zero-order chi connectivity index (χ0) is 15.6. The number of pyridine rings is 1. The summed E-state index contributed by atoms with van der Waals surface area (Å²) in [4.78, 5) is 4.40. The lowest BCUT2D eigenvalue weighted by Gasteiger charge is -2.14. The van der Waals surface area contributed by atoms with Gasteiger partial charge in [-0.3, -0.25) is 0 Å². The molecule has 0 spiro atoms. The van der Waals surface area contributed by atoms with Crippen LogP contribution in [0.25, 0.3) is 0 Å². The van der Waals surface area contributed by atoms with Gasteiger partial charge in [0.1, 0.15) is 5.75 Å². The molecule has 0 fully saturated rings. The number of ether oxygens (including phenoxy) is 1. The first kappa shape index (κ1) is 16.1. The van der Waals surface area contributed by atoms with Gasteiger partial charge in [-0.2, -0.15) is 0 Å². The maximum Gasteiger partial charge on any atom is 0.219 e. The summed E-state index contributed by atoms with van der Waals surface area (Å²) in [5, 5.41) is 0.772. The first-order valence-corrected chi connectivity index (χ1v) is 7.83. The van der Waals surface area contributed by atoms with Gasteiger partial charge in [0, 0.05) is 22.7 Å². The second kappa shape index (κ2) is 6.67. The molecule has 0 unspecified atom stereocenters. The Kier molecular flexibility index (Phi) is 5.13. The number of nitrogens with zero attached hydrogens (tertiary/aromatic N) is 1. The number of hydrogen-bond donors (Lipinski definition) is 0. The van der Waals surface area contributed by atoms with Crippen molar-refractivity contribution in [3.63, 3.8) is 0 Å². The third-order valence-corrected chi connectivity index (χ3v) is 3.91. The molecule has 0 atom stereocenters. The van der Waals surface area contributed by atoms with Crippen molar-refractivity contribution in [1.82, 2.24) is 4.98 Å². The highest BCUT2D eigenvalue weighted by Crippen LogP contribution is 2.33. The third-order valence-electron chi connectivity index (χ3n) is 3.27. The summed E-state index contributed by atoms with van der Waals surface area (Å²) in [7, 11) is 0. The molecule has 0 N–H and O–H groups in total. The highest BCUT2D eigenvalue weighted by Gasteiger charge is 2.11. The van der Waals surface area contributed by atoms with Gasteiger partial charge in [0.2, 0.25) is 5.88 Å². The second-order valence-corrected chi connectivity index (χ2v) is 6.16. The Bertz CT molecular complexity index is 653. The van der Waals surface area contributed by atoms with Crippen LogP contribution >= 0.6 is 23.2 Å². The fourth-order valence-corrected chi connectivity index (χ4v) is 2.76. The molecule has 112 valence electrons. The largest absolute Gasteiger partial charge is 0.439 e. The van der Waals surface area contributed by atoms with Crippen molar-refractivity contribution < 1.29 is 4.74 Å². The Morgan fingerprint density at radius 1 is 1.14 bits per heavy atom. The average molecular weight is 324 g/mol. The number of rotatable bonds is 4. The summed E-state index contributed by atoms with van der Waals surface area (Å²) < 4.78 is 5.95. The normalized spacial score (nSPS) is 11.0. The van der Waals surface area contributed by atoms with Gasteiger partial charge in [-0.15, -0.1) is 11.6 Å². The maximum atomic E-state index is 6.28. The molecule has 0 bridgehead atoms. The van der Waals surface area contributed by atoms with Crippen molar-refractivity contribution in [1.29, 1.82) is 0 Å². The predicted molar refractivity (Wildman–Crippen MR) is 88.9 cm³/mol. The van der Waals surface area contributed by atoms with E-state index in [1.54, 1.807) is 0 Å². The highest BCUT2D eigenvalue weighted by molar-refractivity contribution is 6.31. The number of halogens is 2. The van der Waals surface area contributed by atoms with Gasteiger partial charge in [-0.1, -0.05) is 25.4 Å². The summed E-state index contributed by atoms with van der Waals surface area (Å²) in [5.41, 5.74) is 3.94. The quantitative estimate of drug-likeness (QED) is 0.643.